The third-order valence-electron chi connectivity index (χ3n) is 5.04. The van der Waals surface area contributed by atoms with Crippen molar-refractivity contribution >= 4 is 23.3 Å². The number of aryl methyl sites for hydroxylation is 2. The minimum Gasteiger partial charge on any atom is -0.456 e. The molecule has 2 aromatic carbocycles. The molecule has 0 unspecified atom stereocenters. The largest absolute Gasteiger partial charge is 0.456 e. The first-order valence-corrected chi connectivity index (χ1v) is 10.0. The highest BCUT2D eigenvalue weighted by atomic mass is 16.5. The molecule has 148 valence electrons. The quantitative estimate of drug-likeness (QED) is 0.704. The zero-order valence-electron chi connectivity index (χ0n) is 16.4. The van der Waals surface area contributed by atoms with E-state index in [1.165, 1.54) is 24.1 Å². The van der Waals surface area contributed by atoms with Crippen LogP contribution in [0.15, 0.2) is 48.5 Å². The molecule has 3 rings (SSSR count). The summed E-state index contributed by atoms with van der Waals surface area (Å²) in [5.41, 5.74) is 4.25. The number of esters is 1. The highest BCUT2D eigenvalue weighted by Crippen LogP contribution is 2.22. The van der Waals surface area contributed by atoms with Crippen molar-refractivity contribution in [3.8, 4) is 0 Å². The Labute approximate surface area is 166 Å². The van der Waals surface area contributed by atoms with Gasteiger partial charge in [-0.25, -0.2) is 0 Å². The summed E-state index contributed by atoms with van der Waals surface area (Å²) in [6.45, 7) is 4.02. The molecule has 0 aliphatic carbocycles. The average molecular weight is 380 g/mol. The minimum absolute atomic E-state index is 0.262. The van der Waals surface area contributed by atoms with Crippen molar-refractivity contribution in [2.24, 2.45) is 0 Å². The molecule has 28 heavy (non-hydrogen) atoms. The molecular formula is C23H28N2O3. The van der Waals surface area contributed by atoms with E-state index in [1.807, 2.05) is 36.4 Å². The number of anilines is 2. The van der Waals surface area contributed by atoms with Gasteiger partial charge in [0.2, 0.25) is 0 Å². The predicted octanol–water partition coefficient (Wildman–Crippen LogP) is 3.96. The van der Waals surface area contributed by atoms with Crippen molar-refractivity contribution in [2.45, 2.75) is 39.0 Å². The maximum absolute atomic E-state index is 12.0. The van der Waals surface area contributed by atoms with Crippen LogP contribution in [0, 0.1) is 0 Å². The van der Waals surface area contributed by atoms with E-state index in [1.54, 1.807) is 0 Å². The number of nitrogens with one attached hydrogen (secondary N) is 1. The molecule has 5 heteroatoms. The van der Waals surface area contributed by atoms with E-state index in [0.29, 0.717) is 12.1 Å². The Morgan fingerprint density at radius 2 is 1.61 bits per heavy atom. The maximum Gasteiger partial charge on any atom is 0.306 e. The molecule has 0 saturated carbocycles. The number of hydrogen-bond acceptors (Lipinski definition) is 4. The van der Waals surface area contributed by atoms with Crippen molar-refractivity contribution in [2.75, 3.05) is 29.9 Å². The lowest BCUT2D eigenvalue weighted by Gasteiger charge is -2.17. The van der Waals surface area contributed by atoms with Crippen LogP contribution in [0.5, 0.6) is 0 Å². The number of carbonyl (C=O) groups excluding carboxylic acids is 2. The highest BCUT2D eigenvalue weighted by molar-refractivity contribution is 5.92. The summed E-state index contributed by atoms with van der Waals surface area (Å²) in [4.78, 5) is 26.2. The molecule has 0 radical (unpaired) electrons. The van der Waals surface area contributed by atoms with Gasteiger partial charge in [0.05, 0.1) is 0 Å². The first-order chi connectivity index (χ1) is 13.6. The lowest BCUT2D eigenvalue weighted by molar-refractivity contribution is -0.147. The van der Waals surface area contributed by atoms with Gasteiger partial charge in [-0.15, -0.1) is 0 Å². The second-order valence-electron chi connectivity index (χ2n) is 7.12. The van der Waals surface area contributed by atoms with Crippen LogP contribution in [0.1, 0.15) is 37.3 Å². The third kappa shape index (κ3) is 5.84. The van der Waals surface area contributed by atoms with Crippen molar-refractivity contribution in [3.05, 3.63) is 59.7 Å². The standard InChI is InChI=1S/C23H28N2O3/c1-2-18-5-7-19(8-6-18)9-14-23(27)28-17-22(26)24-20-10-12-21(13-11-20)25-15-3-4-16-25/h5-8,10-13H,2-4,9,14-17H2,1H3,(H,24,26). The van der Waals surface area contributed by atoms with Gasteiger partial charge in [0.25, 0.3) is 5.91 Å². The van der Waals surface area contributed by atoms with Crippen LogP contribution in [0.2, 0.25) is 0 Å². The second kappa shape index (κ2) is 9.93. The molecule has 1 aliphatic rings. The van der Waals surface area contributed by atoms with E-state index in [0.717, 1.165) is 25.1 Å². The molecular weight excluding hydrogens is 352 g/mol. The van der Waals surface area contributed by atoms with Gasteiger partial charge in [-0.3, -0.25) is 9.59 Å². The molecule has 2 aromatic rings. The Morgan fingerprint density at radius 1 is 0.964 bits per heavy atom. The smallest absolute Gasteiger partial charge is 0.306 e. The van der Waals surface area contributed by atoms with Gasteiger partial charge in [0.1, 0.15) is 0 Å². The average Bonchev–Trinajstić information content (AvgIpc) is 3.26. The van der Waals surface area contributed by atoms with Crippen LogP contribution in [0.3, 0.4) is 0 Å². The molecule has 0 bridgehead atoms. The van der Waals surface area contributed by atoms with Crippen LogP contribution in [-0.4, -0.2) is 31.6 Å². The second-order valence-corrected chi connectivity index (χ2v) is 7.12. The van der Waals surface area contributed by atoms with Gasteiger partial charge in [-0.2, -0.15) is 0 Å². The predicted molar refractivity (Wildman–Crippen MR) is 112 cm³/mol. The van der Waals surface area contributed by atoms with Gasteiger partial charge in [0, 0.05) is 30.9 Å². The molecule has 1 heterocycles. The van der Waals surface area contributed by atoms with Crippen LogP contribution >= 0.6 is 0 Å². The fraction of sp³-hybridized carbons (Fsp3) is 0.391. The number of hydrogen-bond donors (Lipinski definition) is 1. The monoisotopic (exact) mass is 380 g/mol. The Kier molecular flexibility index (Phi) is 7.06. The summed E-state index contributed by atoms with van der Waals surface area (Å²) in [5.74, 6) is -0.686. The molecule has 0 atom stereocenters. The first kappa shape index (κ1) is 19.9. The Morgan fingerprint density at radius 3 is 2.25 bits per heavy atom. The van der Waals surface area contributed by atoms with Gasteiger partial charge in [-0.1, -0.05) is 31.2 Å². The highest BCUT2D eigenvalue weighted by Gasteiger charge is 2.12. The third-order valence-corrected chi connectivity index (χ3v) is 5.04. The molecule has 1 fully saturated rings. The van der Waals surface area contributed by atoms with Crippen LogP contribution < -0.4 is 10.2 Å². The topological polar surface area (TPSA) is 58.6 Å². The van der Waals surface area contributed by atoms with Crippen LogP contribution in [0.25, 0.3) is 0 Å². The molecule has 0 spiro atoms. The fourth-order valence-corrected chi connectivity index (χ4v) is 3.33. The lowest BCUT2D eigenvalue weighted by Crippen LogP contribution is -2.21. The number of ether oxygens (including phenoxy) is 1. The van der Waals surface area contributed by atoms with E-state index in [2.05, 4.69) is 29.3 Å². The van der Waals surface area contributed by atoms with E-state index < -0.39 is 0 Å². The fourth-order valence-electron chi connectivity index (χ4n) is 3.33. The minimum atomic E-state index is -0.362. The van der Waals surface area contributed by atoms with Crippen LogP contribution in [0.4, 0.5) is 11.4 Å². The van der Waals surface area contributed by atoms with Crippen molar-refractivity contribution in [1.29, 1.82) is 0 Å². The molecule has 1 N–H and O–H groups in total. The number of nitrogens with zero attached hydrogens (tertiary/aromatic N) is 1. The van der Waals surface area contributed by atoms with Gasteiger partial charge in [-0.05, 0) is 61.1 Å². The van der Waals surface area contributed by atoms with Crippen LogP contribution in [-0.2, 0) is 27.2 Å². The zero-order valence-corrected chi connectivity index (χ0v) is 16.4. The number of rotatable bonds is 8. The van der Waals surface area contributed by atoms with Crippen molar-refractivity contribution < 1.29 is 14.3 Å². The van der Waals surface area contributed by atoms with Gasteiger partial charge < -0.3 is 15.0 Å². The maximum atomic E-state index is 12.0. The van der Waals surface area contributed by atoms with E-state index in [9.17, 15) is 9.59 Å². The van der Waals surface area contributed by atoms with E-state index in [-0.39, 0.29) is 24.9 Å². The Balaban J connectivity index is 1.37. The number of carbonyl (C=O) groups is 2. The van der Waals surface area contributed by atoms with Gasteiger partial charge >= 0.3 is 5.97 Å². The van der Waals surface area contributed by atoms with Crippen molar-refractivity contribution in [1.82, 2.24) is 0 Å². The summed E-state index contributed by atoms with van der Waals surface area (Å²) in [6, 6.07) is 16.0. The molecule has 1 aliphatic heterocycles. The lowest BCUT2D eigenvalue weighted by atomic mass is 10.1. The number of amides is 1. The molecule has 5 nitrogen and oxygen atoms in total. The SMILES string of the molecule is CCc1ccc(CCC(=O)OCC(=O)Nc2ccc(N3CCCC3)cc2)cc1. The Bertz CT molecular complexity index is 778. The Hall–Kier alpha value is -2.82. The molecule has 1 amide bonds. The number of benzene rings is 2. The first-order valence-electron chi connectivity index (χ1n) is 10.0. The van der Waals surface area contributed by atoms with E-state index >= 15 is 0 Å². The summed E-state index contributed by atoms with van der Waals surface area (Å²) >= 11 is 0. The van der Waals surface area contributed by atoms with Crippen molar-refractivity contribution in [3.63, 3.8) is 0 Å². The van der Waals surface area contributed by atoms with Gasteiger partial charge in [0.15, 0.2) is 6.61 Å². The zero-order chi connectivity index (χ0) is 19.8. The summed E-state index contributed by atoms with van der Waals surface area (Å²) in [6.07, 6.45) is 4.34. The molecule has 0 aromatic heterocycles. The summed E-state index contributed by atoms with van der Waals surface area (Å²) in [7, 11) is 0. The van der Waals surface area contributed by atoms with E-state index in [4.69, 9.17) is 4.74 Å². The summed E-state index contributed by atoms with van der Waals surface area (Å²) < 4.78 is 5.09. The summed E-state index contributed by atoms with van der Waals surface area (Å²) in [5, 5.41) is 2.77. The normalized spacial score (nSPS) is 13.4. The molecule has 1 saturated heterocycles.